The maximum atomic E-state index is 6.08. The standard InChI is InChI=1S/C11H20N4O2/c1-11(2,3)7(12)6-8-13-9(16-4)15-10(14-8)17-5/h7H,6,12H2,1-5H3. The quantitative estimate of drug-likeness (QED) is 0.838. The molecule has 17 heavy (non-hydrogen) atoms. The molecule has 0 fully saturated rings. The summed E-state index contributed by atoms with van der Waals surface area (Å²) in [5.74, 6) is 0.580. The minimum atomic E-state index is -0.0423. The Hall–Kier alpha value is -1.43. The molecule has 1 unspecified atom stereocenters. The summed E-state index contributed by atoms with van der Waals surface area (Å²) in [6, 6.07) is 0.445. The van der Waals surface area contributed by atoms with E-state index in [-0.39, 0.29) is 23.5 Å². The Labute approximate surface area is 102 Å². The first-order chi connectivity index (χ1) is 7.86. The monoisotopic (exact) mass is 240 g/mol. The highest BCUT2D eigenvalue weighted by Gasteiger charge is 2.22. The van der Waals surface area contributed by atoms with Crippen molar-refractivity contribution in [2.24, 2.45) is 11.1 Å². The lowest BCUT2D eigenvalue weighted by atomic mass is 9.85. The second-order valence-electron chi connectivity index (χ2n) is 4.90. The van der Waals surface area contributed by atoms with Gasteiger partial charge in [-0.1, -0.05) is 20.8 Å². The van der Waals surface area contributed by atoms with Gasteiger partial charge in [-0.15, -0.1) is 4.98 Å². The molecule has 0 aliphatic heterocycles. The first-order valence-corrected chi connectivity index (χ1v) is 5.45. The molecule has 1 aromatic heterocycles. The van der Waals surface area contributed by atoms with E-state index in [1.807, 2.05) is 0 Å². The van der Waals surface area contributed by atoms with Crippen LogP contribution in [0.25, 0.3) is 0 Å². The van der Waals surface area contributed by atoms with Gasteiger partial charge in [0.05, 0.1) is 14.2 Å². The summed E-state index contributed by atoms with van der Waals surface area (Å²) in [6.07, 6.45) is 0.554. The Morgan fingerprint density at radius 1 is 1.06 bits per heavy atom. The molecule has 0 aromatic carbocycles. The molecular formula is C11H20N4O2. The molecule has 0 saturated heterocycles. The topological polar surface area (TPSA) is 83.2 Å². The van der Waals surface area contributed by atoms with Crippen molar-refractivity contribution >= 4 is 0 Å². The molecule has 1 aromatic rings. The van der Waals surface area contributed by atoms with Crippen LogP contribution in [0.4, 0.5) is 0 Å². The van der Waals surface area contributed by atoms with Gasteiger partial charge in [0.2, 0.25) is 0 Å². The Morgan fingerprint density at radius 2 is 1.53 bits per heavy atom. The average Bonchev–Trinajstić information content (AvgIpc) is 2.27. The predicted octanol–water partition coefficient (Wildman–Crippen LogP) is 0.805. The third kappa shape index (κ3) is 3.81. The number of aromatic nitrogens is 3. The molecule has 0 spiro atoms. The zero-order chi connectivity index (χ0) is 13.1. The van der Waals surface area contributed by atoms with Crippen molar-refractivity contribution in [2.75, 3.05) is 14.2 Å². The van der Waals surface area contributed by atoms with E-state index < -0.39 is 0 Å². The summed E-state index contributed by atoms with van der Waals surface area (Å²) in [5.41, 5.74) is 6.08. The number of rotatable bonds is 4. The van der Waals surface area contributed by atoms with Gasteiger partial charge in [0.15, 0.2) is 0 Å². The Balaban J connectivity index is 2.90. The minimum absolute atomic E-state index is 0.00685. The van der Waals surface area contributed by atoms with Crippen LogP contribution in [0.5, 0.6) is 12.0 Å². The molecule has 0 bridgehead atoms. The average molecular weight is 240 g/mol. The molecule has 1 rings (SSSR count). The van der Waals surface area contributed by atoms with Crippen LogP contribution >= 0.6 is 0 Å². The normalized spacial score (nSPS) is 13.3. The molecule has 0 aliphatic carbocycles. The second kappa shape index (κ2) is 5.27. The van der Waals surface area contributed by atoms with Crippen LogP contribution in [-0.4, -0.2) is 35.2 Å². The molecule has 6 heteroatoms. The Kier molecular flexibility index (Phi) is 4.22. The molecule has 1 heterocycles. The summed E-state index contributed by atoms with van der Waals surface area (Å²) in [5, 5.41) is 0. The summed E-state index contributed by atoms with van der Waals surface area (Å²) in [7, 11) is 3.00. The first-order valence-electron chi connectivity index (χ1n) is 5.45. The van der Waals surface area contributed by atoms with E-state index in [1.54, 1.807) is 0 Å². The van der Waals surface area contributed by atoms with Gasteiger partial charge in [-0.05, 0) is 5.41 Å². The molecule has 2 N–H and O–H groups in total. The fraction of sp³-hybridized carbons (Fsp3) is 0.727. The van der Waals surface area contributed by atoms with Crippen LogP contribution in [0.2, 0.25) is 0 Å². The van der Waals surface area contributed by atoms with E-state index >= 15 is 0 Å². The number of hydrogen-bond donors (Lipinski definition) is 1. The van der Waals surface area contributed by atoms with Crippen LogP contribution in [0.1, 0.15) is 26.6 Å². The summed E-state index contributed by atoms with van der Waals surface area (Å²) in [6.45, 7) is 6.23. The van der Waals surface area contributed by atoms with Crippen LogP contribution in [0.3, 0.4) is 0 Å². The third-order valence-corrected chi connectivity index (χ3v) is 2.52. The lowest BCUT2D eigenvalue weighted by Crippen LogP contribution is -2.37. The molecule has 0 radical (unpaired) electrons. The van der Waals surface area contributed by atoms with Crippen molar-refractivity contribution in [2.45, 2.75) is 33.2 Å². The van der Waals surface area contributed by atoms with Crippen molar-refractivity contribution in [3.63, 3.8) is 0 Å². The molecule has 0 amide bonds. The van der Waals surface area contributed by atoms with Gasteiger partial charge >= 0.3 is 12.0 Å². The van der Waals surface area contributed by atoms with E-state index in [2.05, 4.69) is 35.7 Å². The minimum Gasteiger partial charge on any atom is -0.467 e. The van der Waals surface area contributed by atoms with Crippen LogP contribution < -0.4 is 15.2 Å². The highest BCUT2D eigenvalue weighted by Crippen LogP contribution is 2.20. The van der Waals surface area contributed by atoms with Gasteiger partial charge in [-0.3, -0.25) is 0 Å². The van der Waals surface area contributed by atoms with Crippen molar-refractivity contribution in [1.29, 1.82) is 0 Å². The number of ether oxygens (including phenoxy) is 2. The number of nitrogens with zero attached hydrogens (tertiary/aromatic N) is 3. The number of methoxy groups -OCH3 is 2. The van der Waals surface area contributed by atoms with Gasteiger partial charge in [-0.25, -0.2) is 0 Å². The SMILES string of the molecule is COc1nc(CC(N)C(C)(C)C)nc(OC)n1. The zero-order valence-electron chi connectivity index (χ0n) is 11.0. The van der Waals surface area contributed by atoms with E-state index in [0.717, 1.165) is 0 Å². The lowest BCUT2D eigenvalue weighted by Gasteiger charge is -2.26. The van der Waals surface area contributed by atoms with Crippen molar-refractivity contribution in [3.05, 3.63) is 5.82 Å². The molecule has 96 valence electrons. The summed E-state index contributed by atoms with van der Waals surface area (Å²) >= 11 is 0. The van der Waals surface area contributed by atoms with Gasteiger partial charge < -0.3 is 15.2 Å². The maximum Gasteiger partial charge on any atom is 0.322 e. The van der Waals surface area contributed by atoms with E-state index in [4.69, 9.17) is 15.2 Å². The summed E-state index contributed by atoms with van der Waals surface area (Å²) in [4.78, 5) is 12.2. The maximum absolute atomic E-state index is 6.08. The van der Waals surface area contributed by atoms with Crippen LogP contribution in [0.15, 0.2) is 0 Å². The van der Waals surface area contributed by atoms with Gasteiger partial charge in [-0.2, -0.15) is 9.97 Å². The lowest BCUT2D eigenvalue weighted by molar-refractivity contribution is 0.305. The molecule has 1 atom stereocenters. The molecule has 0 saturated carbocycles. The predicted molar refractivity (Wildman–Crippen MR) is 64.1 cm³/mol. The van der Waals surface area contributed by atoms with E-state index in [0.29, 0.717) is 12.2 Å². The van der Waals surface area contributed by atoms with E-state index in [9.17, 15) is 0 Å². The van der Waals surface area contributed by atoms with Crippen molar-refractivity contribution in [3.8, 4) is 12.0 Å². The van der Waals surface area contributed by atoms with Gasteiger partial charge in [0.25, 0.3) is 0 Å². The highest BCUT2D eigenvalue weighted by molar-refractivity contribution is 5.06. The third-order valence-electron chi connectivity index (χ3n) is 2.52. The molecular weight excluding hydrogens is 220 g/mol. The van der Waals surface area contributed by atoms with Gasteiger partial charge in [0, 0.05) is 12.5 Å². The fourth-order valence-corrected chi connectivity index (χ4v) is 1.15. The zero-order valence-corrected chi connectivity index (χ0v) is 11.0. The Morgan fingerprint density at radius 3 is 1.88 bits per heavy atom. The largest absolute Gasteiger partial charge is 0.467 e. The molecule has 6 nitrogen and oxygen atoms in total. The highest BCUT2D eigenvalue weighted by atomic mass is 16.5. The Bertz CT molecular complexity index is 354. The van der Waals surface area contributed by atoms with Crippen LogP contribution in [-0.2, 0) is 6.42 Å². The smallest absolute Gasteiger partial charge is 0.322 e. The van der Waals surface area contributed by atoms with Gasteiger partial charge in [0.1, 0.15) is 5.82 Å². The van der Waals surface area contributed by atoms with E-state index in [1.165, 1.54) is 14.2 Å². The number of nitrogens with two attached hydrogens (primary N) is 1. The summed E-state index contributed by atoms with van der Waals surface area (Å²) < 4.78 is 9.96. The number of hydrogen-bond acceptors (Lipinski definition) is 6. The fourth-order valence-electron chi connectivity index (χ4n) is 1.15. The van der Waals surface area contributed by atoms with Crippen molar-refractivity contribution in [1.82, 2.24) is 15.0 Å². The second-order valence-corrected chi connectivity index (χ2v) is 4.90. The first kappa shape index (κ1) is 13.6. The van der Waals surface area contributed by atoms with Crippen LogP contribution in [0, 0.1) is 5.41 Å². The van der Waals surface area contributed by atoms with Crippen molar-refractivity contribution < 1.29 is 9.47 Å². The molecule has 0 aliphatic rings.